The number of carboxylic acids is 1. The van der Waals surface area contributed by atoms with Crippen molar-refractivity contribution in [3.05, 3.63) is 29.8 Å². The van der Waals surface area contributed by atoms with E-state index in [1.807, 2.05) is 12.1 Å². The Morgan fingerprint density at radius 2 is 1.24 bits per heavy atom. The number of alkyl halides is 3. The maximum absolute atomic E-state index is 12.0. The molecule has 1 aromatic rings. The Morgan fingerprint density at radius 3 is 1.68 bits per heavy atom. The molecule has 1 atom stereocenters. The number of aliphatic carboxylic acids is 1. The van der Waals surface area contributed by atoms with Crippen LogP contribution in [-0.4, -0.2) is 35.7 Å². The Kier molecular flexibility index (Phi) is 15.1. The zero-order valence-corrected chi connectivity index (χ0v) is 20.4. The number of carbonyl (C=O) groups excluding carboxylic acids is 1. The van der Waals surface area contributed by atoms with Gasteiger partial charge >= 0.3 is 12.1 Å². The molecule has 8 heteroatoms. The Labute approximate surface area is 201 Å². The van der Waals surface area contributed by atoms with Crippen LogP contribution in [0.15, 0.2) is 24.3 Å². The molecule has 1 amide bonds. The van der Waals surface area contributed by atoms with Crippen molar-refractivity contribution in [2.24, 2.45) is 0 Å². The van der Waals surface area contributed by atoms with E-state index in [0.29, 0.717) is 12.0 Å². The van der Waals surface area contributed by atoms with Crippen molar-refractivity contribution in [3.8, 4) is 0 Å². The minimum Gasteiger partial charge on any atom is -0.480 e. The second-order valence-electron chi connectivity index (χ2n) is 9.00. The van der Waals surface area contributed by atoms with Gasteiger partial charge in [-0.2, -0.15) is 13.2 Å². The molecule has 0 aromatic heterocycles. The second-order valence-corrected chi connectivity index (χ2v) is 9.00. The number of hydrogen-bond acceptors (Lipinski definition) is 3. The number of unbranched alkanes of at least 4 members (excludes halogenated alkanes) is 12. The number of hydrogen-bond donors (Lipinski definition) is 3. The summed E-state index contributed by atoms with van der Waals surface area (Å²) in [5, 5.41) is 14.6. The van der Waals surface area contributed by atoms with Gasteiger partial charge in [-0.15, -0.1) is 0 Å². The number of benzene rings is 1. The first kappa shape index (κ1) is 29.8. The van der Waals surface area contributed by atoms with Crippen LogP contribution in [0.4, 0.5) is 18.9 Å². The van der Waals surface area contributed by atoms with Crippen LogP contribution in [0.3, 0.4) is 0 Å². The Morgan fingerprint density at radius 1 is 0.794 bits per heavy atom. The van der Waals surface area contributed by atoms with Crippen LogP contribution in [-0.2, 0) is 4.79 Å². The molecule has 0 radical (unpaired) electrons. The van der Waals surface area contributed by atoms with Crippen LogP contribution < -0.4 is 10.6 Å². The average molecular weight is 487 g/mol. The summed E-state index contributed by atoms with van der Waals surface area (Å²) < 4.78 is 36.1. The fourth-order valence-corrected chi connectivity index (χ4v) is 3.71. The van der Waals surface area contributed by atoms with Gasteiger partial charge in [0.1, 0.15) is 6.04 Å². The molecule has 0 aliphatic carbocycles. The number of amides is 1. The molecular formula is C26H41F3N2O3. The van der Waals surface area contributed by atoms with Crippen molar-refractivity contribution in [1.29, 1.82) is 0 Å². The predicted molar refractivity (Wildman–Crippen MR) is 130 cm³/mol. The Balaban J connectivity index is 1.93. The quantitative estimate of drug-likeness (QED) is 0.179. The molecule has 0 aliphatic rings. The van der Waals surface area contributed by atoms with Crippen molar-refractivity contribution in [2.75, 3.05) is 11.9 Å². The fraction of sp³-hybridized carbons (Fsp3) is 0.692. The third kappa shape index (κ3) is 15.6. The lowest BCUT2D eigenvalue weighted by molar-refractivity contribution is -0.139. The van der Waals surface area contributed by atoms with Gasteiger partial charge < -0.3 is 15.7 Å². The maximum atomic E-state index is 12.0. The van der Waals surface area contributed by atoms with Gasteiger partial charge in [0.2, 0.25) is 0 Å². The van der Waals surface area contributed by atoms with Crippen LogP contribution in [0, 0.1) is 0 Å². The molecule has 34 heavy (non-hydrogen) atoms. The standard InChI is InChI=1S/C26H41F3N2O3/c1-21(25(33)34)31-24(32)22-15-17-23(18-16-22)30-20-14-12-10-8-6-4-2-3-5-7-9-11-13-19-26(27,28)29/h15-18,21,30H,2-14,19-20H2,1H3,(H,31,32)(H,33,34). The molecule has 0 spiro atoms. The zero-order valence-electron chi connectivity index (χ0n) is 20.4. The van der Waals surface area contributed by atoms with Gasteiger partial charge in [0.05, 0.1) is 0 Å². The number of anilines is 1. The summed E-state index contributed by atoms with van der Waals surface area (Å²) >= 11 is 0. The third-order valence-corrected chi connectivity index (χ3v) is 5.83. The predicted octanol–water partition coefficient (Wildman–Crippen LogP) is 7.33. The van der Waals surface area contributed by atoms with Crippen molar-refractivity contribution in [1.82, 2.24) is 5.32 Å². The van der Waals surface area contributed by atoms with Crippen molar-refractivity contribution < 1.29 is 27.9 Å². The van der Waals surface area contributed by atoms with E-state index in [2.05, 4.69) is 10.6 Å². The highest BCUT2D eigenvalue weighted by molar-refractivity contribution is 5.96. The molecule has 1 aromatic carbocycles. The van der Waals surface area contributed by atoms with Crippen LogP contribution in [0.2, 0.25) is 0 Å². The molecule has 3 N–H and O–H groups in total. The van der Waals surface area contributed by atoms with Crippen molar-refractivity contribution in [2.45, 2.75) is 109 Å². The number of carbonyl (C=O) groups is 2. The summed E-state index contributed by atoms with van der Waals surface area (Å²) in [6.45, 7) is 2.29. The SMILES string of the molecule is CC(NC(=O)c1ccc(NCCCCCCCCCCCCCCCC(F)(F)F)cc1)C(=O)O. The van der Waals surface area contributed by atoms with Gasteiger partial charge in [0, 0.05) is 24.2 Å². The highest BCUT2D eigenvalue weighted by Gasteiger charge is 2.25. The summed E-state index contributed by atoms with van der Waals surface area (Å²) in [5.74, 6) is -1.47. The summed E-state index contributed by atoms with van der Waals surface area (Å²) in [4.78, 5) is 22.8. The van der Waals surface area contributed by atoms with Crippen LogP contribution in [0.5, 0.6) is 0 Å². The highest BCUT2D eigenvalue weighted by Crippen LogP contribution is 2.23. The molecule has 0 heterocycles. The lowest BCUT2D eigenvalue weighted by atomic mass is 10.0. The lowest BCUT2D eigenvalue weighted by Crippen LogP contribution is -2.38. The minimum absolute atomic E-state index is 0.263. The largest absolute Gasteiger partial charge is 0.480 e. The van der Waals surface area contributed by atoms with Crippen molar-refractivity contribution in [3.63, 3.8) is 0 Å². The number of halogens is 3. The molecule has 0 saturated carbocycles. The zero-order chi connectivity index (χ0) is 25.2. The van der Waals surface area contributed by atoms with E-state index in [1.165, 1.54) is 51.9 Å². The number of carboxylic acid groups (broad SMARTS) is 1. The molecule has 0 bridgehead atoms. The normalized spacial score (nSPS) is 12.4. The Bertz CT molecular complexity index is 694. The van der Waals surface area contributed by atoms with E-state index in [1.54, 1.807) is 12.1 Å². The van der Waals surface area contributed by atoms with Gasteiger partial charge in [0.15, 0.2) is 0 Å². The first-order chi connectivity index (χ1) is 16.2. The van der Waals surface area contributed by atoms with Crippen molar-refractivity contribution >= 4 is 17.6 Å². The maximum Gasteiger partial charge on any atom is 0.389 e. The van der Waals surface area contributed by atoms with Gasteiger partial charge in [-0.3, -0.25) is 9.59 Å². The minimum atomic E-state index is -4.00. The first-order valence-electron chi connectivity index (χ1n) is 12.6. The Hall–Kier alpha value is -2.25. The van der Waals surface area contributed by atoms with E-state index in [4.69, 9.17) is 5.11 Å². The second kappa shape index (κ2) is 17.2. The lowest BCUT2D eigenvalue weighted by Gasteiger charge is -2.10. The topological polar surface area (TPSA) is 78.4 Å². The summed E-state index contributed by atoms with van der Waals surface area (Å²) in [6, 6.07) is 6.08. The smallest absolute Gasteiger partial charge is 0.389 e. The van der Waals surface area contributed by atoms with Crippen LogP contribution in [0.25, 0.3) is 0 Å². The summed E-state index contributed by atoms with van der Waals surface area (Å²) in [5.41, 5.74) is 1.36. The number of rotatable bonds is 19. The first-order valence-corrected chi connectivity index (χ1v) is 12.6. The summed E-state index contributed by atoms with van der Waals surface area (Å²) in [6.07, 6.45) is 8.94. The molecule has 1 rings (SSSR count). The average Bonchev–Trinajstić information content (AvgIpc) is 2.78. The van der Waals surface area contributed by atoms with Crippen LogP contribution >= 0.6 is 0 Å². The molecule has 5 nitrogen and oxygen atoms in total. The van der Waals surface area contributed by atoms with Gasteiger partial charge in [0.25, 0.3) is 5.91 Å². The molecular weight excluding hydrogens is 445 g/mol. The molecule has 0 saturated heterocycles. The van der Waals surface area contributed by atoms with E-state index in [0.717, 1.165) is 37.9 Å². The van der Waals surface area contributed by atoms with E-state index < -0.39 is 30.5 Å². The molecule has 0 aliphatic heterocycles. The summed E-state index contributed by atoms with van der Waals surface area (Å²) in [7, 11) is 0. The van der Waals surface area contributed by atoms with E-state index in [-0.39, 0.29) is 6.42 Å². The van der Waals surface area contributed by atoms with Gasteiger partial charge in [-0.05, 0) is 44.0 Å². The van der Waals surface area contributed by atoms with E-state index >= 15 is 0 Å². The molecule has 1 unspecified atom stereocenters. The number of nitrogens with one attached hydrogen (secondary N) is 2. The van der Waals surface area contributed by atoms with E-state index in [9.17, 15) is 22.8 Å². The van der Waals surface area contributed by atoms with Crippen LogP contribution in [0.1, 0.15) is 107 Å². The molecule has 0 fully saturated rings. The molecule has 194 valence electrons. The highest BCUT2D eigenvalue weighted by atomic mass is 19.4. The fourth-order valence-electron chi connectivity index (χ4n) is 3.71. The van der Waals surface area contributed by atoms with Gasteiger partial charge in [-0.25, -0.2) is 0 Å². The monoisotopic (exact) mass is 486 g/mol. The third-order valence-electron chi connectivity index (χ3n) is 5.83. The van der Waals surface area contributed by atoms with Gasteiger partial charge in [-0.1, -0.05) is 70.6 Å².